The fraction of sp³-hybridized carbons (Fsp3) is 0.467. The van der Waals surface area contributed by atoms with Gasteiger partial charge in [-0.25, -0.2) is 0 Å². The number of allylic oxidation sites excluding steroid dienone is 1. The van der Waals surface area contributed by atoms with Crippen LogP contribution in [0.15, 0.2) is 30.5 Å². The van der Waals surface area contributed by atoms with Crippen LogP contribution in [-0.2, 0) is 0 Å². The summed E-state index contributed by atoms with van der Waals surface area (Å²) in [7, 11) is 0. The van der Waals surface area contributed by atoms with Crippen LogP contribution in [0.1, 0.15) is 44.7 Å². The second kappa shape index (κ2) is 7.98. The van der Waals surface area contributed by atoms with Crippen molar-refractivity contribution in [3.05, 3.63) is 41.6 Å². The first-order valence-corrected chi connectivity index (χ1v) is 6.01. The Hall–Kier alpha value is -1.24. The number of aryl methyl sites for hydroxylation is 2. The van der Waals surface area contributed by atoms with E-state index in [2.05, 4.69) is 57.8 Å². The molecule has 0 unspecified atom stereocenters. The van der Waals surface area contributed by atoms with Crippen molar-refractivity contribution in [1.82, 2.24) is 0 Å². The van der Waals surface area contributed by atoms with E-state index in [9.17, 15) is 0 Å². The van der Waals surface area contributed by atoms with Crippen molar-refractivity contribution in [1.29, 1.82) is 0 Å². The lowest BCUT2D eigenvalue weighted by Crippen LogP contribution is -1.95. The van der Waals surface area contributed by atoms with Gasteiger partial charge in [-0.1, -0.05) is 51.0 Å². The third kappa shape index (κ3) is 6.28. The molecule has 0 bridgehead atoms. The Kier molecular flexibility index (Phi) is 7.36. The number of anilines is 1. The molecule has 1 N–H and O–H groups in total. The number of benzene rings is 1. The number of nitrogens with one attached hydrogen (secondary N) is 1. The normalized spacial score (nSPS) is 9.06. The van der Waals surface area contributed by atoms with Crippen LogP contribution in [0.4, 0.5) is 5.69 Å². The van der Waals surface area contributed by atoms with Crippen molar-refractivity contribution >= 4 is 5.69 Å². The molecule has 16 heavy (non-hydrogen) atoms. The van der Waals surface area contributed by atoms with Gasteiger partial charge in [0.25, 0.3) is 0 Å². The minimum Gasteiger partial charge on any atom is -0.360 e. The summed E-state index contributed by atoms with van der Waals surface area (Å²) in [4.78, 5) is 0. The van der Waals surface area contributed by atoms with E-state index in [0.29, 0.717) is 0 Å². The highest BCUT2D eigenvalue weighted by Gasteiger charge is 1.96. The van der Waals surface area contributed by atoms with Gasteiger partial charge in [0.15, 0.2) is 0 Å². The van der Waals surface area contributed by atoms with Crippen molar-refractivity contribution in [2.45, 2.75) is 47.5 Å². The summed E-state index contributed by atoms with van der Waals surface area (Å²) in [6.45, 7) is 14.3. The average Bonchev–Trinajstić information content (AvgIpc) is 2.22. The number of unbranched alkanes of at least 4 members (excludes halogenated alkanes) is 1. The molecule has 0 aliphatic rings. The predicted octanol–water partition coefficient (Wildman–Crippen LogP) is 5.06. The first-order chi connectivity index (χ1) is 7.51. The maximum atomic E-state index is 3.80. The molecule has 1 aromatic carbocycles. The minimum atomic E-state index is 0.974. The molecular weight excluding hydrogens is 194 g/mol. The zero-order valence-corrected chi connectivity index (χ0v) is 11.4. The van der Waals surface area contributed by atoms with Gasteiger partial charge in [-0.05, 0) is 32.4 Å². The van der Waals surface area contributed by atoms with Crippen LogP contribution < -0.4 is 5.32 Å². The van der Waals surface area contributed by atoms with Crippen molar-refractivity contribution in [3.8, 4) is 0 Å². The largest absolute Gasteiger partial charge is 0.360 e. The minimum absolute atomic E-state index is 0.974. The molecule has 1 rings (SSSR count). The fourth-order valence-electron chi connectivity index (χ4n) is 1.18. The van der Waals surface area contributed by atoms with Crippen molar-refractivity contribution < 1.29 is 0 Å². The Labute approximate surface area is 101 Å². The Balaban J connectivity index is 0.000000487. The number of hydrogen-bond acceptors (Lipinski definition) is 1. The summed E-state index contributed by atoms with van der Waals surface area (Å²) in [6.07, 6.45) is 2.64. The van der Waals surface area contributed by atoms with Gasteiger partial charge in [0.1, 0.15) is 0 Å². The molecule has 1 nitrogen and oxygen atoms in total. The third-order valence-corrected chi connectivity index (χ3v) is 2.23. The third-order valence-electron chi connectivity index (χ3n) is 2.23. The van der Waals surface area contributed by atoms with Crippen molar-refractivity contribution in [3.63, 3.8) is 0 Å². The average molecular weight is 219 g/mol. The Morgan fingerprint density at radius 1 is 1.19 bits per heavy atom. The van der Waals surface area contributed by atoms with E-state index in [1.165, 1.54) is 24.0 Å². The smallest absolute Gasteiger partial charge is 0.0411 e. The quantitative estimate of drug-likeness (QED) is 0.749. The molecule has 0 fully saturated rings. The summed E-state index contributed by atoms with van der Waals surface area (Å²) in [5.74, 6) is 0. The molecule has 1 heteroatoms. The maximum absolute atomic E-state index is 3.80. The van der Waals surface area contributed by atoms with Crippen LogP contribution >= 0.6 is 0 Å². The molecule has 0 aliphatic carbocycles. The summed E-state index contributed by atoms with van der Waals surface area (Å²) in [6, 6.07) is 6.34. The first-order valence-electron chi connectivity index (χ1n) is 6.01. The van der Waals surface area contributed by atoms with E-state index in [1.807, 2.05) is 6.92 Å². The van der Waals surface area contributed by atoms with Crippen LogP contribution in [-0.4, -0.2) is 0 Å². The van der Waals surface area contributed by atoms with Crippen molar-refractivity contribution in [2.24, 2.45) is 0 Å². The van der Waals surface area contributed by atoms with Gasteiger partial charge in [0.2, 0.25) is 0 Å². The zero-order valence-electron chi connectivity index (χ0n) is 11.4. The van der Waals surface area contributed by atoms with E-state index < -0.39 is 0 Å². The molecule has 0 atom stereocenters. The van der Waals surface area contributed by atoms with Crippen LogP contribution in [0.3, 0.4) is 0 Å². The van der Waals surface area contributed by atoms with Gasteiger partial charge in [0.05, 0.1) is 0 Å². The molecule has 0 saturated heterocycles. The van der Waals surface area contributed by atoms with Crippen LogP contribution in [0, 0.1) is 13.8 Å². The van der Waals surface area contributed by atoms with Gasteiger partial charge >= 0.3 is 0 Å². The lowest BCUT2D eigenvalue weighted by atomic mass is 10.1. The predicted molar refractivity (Wildman–Crippen MR) is 74.9 cm³/mol. The summed E-state index contributed by atoms with van der Waals surface area (Å²) in [5, 5.41) is 3.21. The van der Waals surface area contributed by atoms with Crippen LogP contribution in [0.5, 0.6) is 0 Å². The van der Waals surface area contributed by atoms with Gasteiger partial charge in [0, 0.05) is 11.4 Å². The molecule has 0 radical (unpaired) electrons. The highest BCUT2D eigenvalue weighted by Crippen LogP contribution is 2.16. The summed E-state index contributed by atoms with van der Waals surface area (Å²) >= 11 is 0. The van der Waals surface area contributed by atoms with Crippen LogP contribution in [0.2, 0.25) is 0 Å². The highest BCUT2D eigenvalue weighted by molar-refractivity contribution is 5.54. The second-order valence-electron chi connectivity index (χ2n) is 4.22. The summed E-state index contributed by atoms with van der Waals surface area (Å²) in [5.41, 5.74) is 4.67. The first kappa shape index (κ1) is 14.8. The maximum Gasteiger partial charge on any atom is 0.0411 e. The molecule has 0 aliphatic heterocycles. The molecular formula is C15H25N. The molecule has 0 amide bonds. The SMILES string of the molecule is C=C(C)Nc1ccc(C)cc1C.CCCC. The van der Waals surface area contributed by atoms with Gasteiger partial charge in [-0.15, -0.1) is 0 Å². The Morgan fingerprint density at radius 2 is 1.75 bits per heavy atom. The standard InChI is InChI=1S/C11H15N.C4H10/c1-8(2)12-11-6-5-9(3)7-10(11)4;1-3-4-2/h5-7,12H,1H2,2-4H3;3-4H2,1-2H3. The van der Waals surface area contributed by atoms with Crippen LogP contribution in [0.25, 0.3) is 0 Å². The molecule has 0 spiro atoms. The monoisotopic (exact) mass is 219 g/mol. The van der Waals surface area contributed by atoms with Gasteiger partial charge in [-0.2, -0.15) is 0 Å². The Morgan fingerprint density at radius 3 is 2.12 bits per heavy atom. The fourth-order valence-corrected chi connectivity index (χ4v) is 1.18. The molecule has 0 aromatic heterocycles. The molecule has 0 saturated carbocycles. The second-order valence-corrected chi connectivity index (χ2v) is 4.22. The van der Waals surface area contributed by atoms with Gasteiger partial charge in [-0.3, -0.25) is 0 Å². The van der Waals surface area contributed by atoms with E-state index in [1.54, 1.807) is 0 Å². The molecule has 90 valence electrons. The lowest BCUT2D eigenvalue weighted by molar-refractivity contribution is 0.886. The molecule has 1 aromatic rings. The van der Waals surface area contributed by atoms with Crippen molar-refractivity contribution in [2.75, 3.05) is 5.32 Å². The van der Waals surface area contributed by atoms with E-state index in [-0.39, 0.29) is 0 Å². The lowest BCUT2D eigenvalue weighted by Gasteiger charge is -2.08. The zero-order chi connectivity index (χ0) is 12.6. The van der Waals surface area contributed by atoms with E-state index in [0.717, 1.165) is 11.4 Å². The number of hydrogen-bond donors (Lipinski definition) is 1. The van der Waals surface area contributed by atoms with Gasteiger partial charge < -0.3 is 5.32 Å². The Bertz CT molecular complexity index is 324. The van der Waals surface area contributed by atoms with E-state index in [4.69, 9.17) is 0 Å². The number of rotatable bonds is 3. The van der Waals surface area contributed by atoms with E-state index >= 15 is 0 Å². The molecule has 0 heterocycles. The summed E-state index contributed by atoms with van der Waals surface area (Å²) < 4.78 is 0. The topological polar surface area (TPSA) is 12.0 Å². The highest BCUT2D eigenvalue weighted by atomic mass is 14.9.